The summed E-state index contributed by atoms with van der Waals surface area (Å²) in [5.74, 6) is 0.0206. The average molecular weight is 404 g/mol. The highest BCUT2D eigenvalue weighted by Crippen LogP contribution is 2.38. The Hall–Kier alpha value is -3.33. The van der Waals surface area contributed by atoms with Crippen molar-refractivity contribution in [1.82, 2.24) is 5.32 Å². The average Bonchev–Trinajstić information content (AvgIpc) is 2.72. The molecule has 0 radical (unpaired) electrons. The standard InChI is InChI=1S/C19H20N2O6S/c1-24-14-9-11(10-15(25-2)16(14)26-3)17(22)21-19(28)20-13-8-6-5-7-12(13)18(23)27-4/h5-10H,1-4H3,(H2,20,21,22,28). The van der Waals surface area contributed by atoms with Gasteiger partial charge in [-0.2, -0.15) is 0 Å². The van der Waals surface area contributed by atoms with Gasteiger partial charge in [0.1, 0.15) is 0 Å². The molecule has 2 aromatic rings. The van der Waals surface area contributed by atoms with Crippen molar-refractivity contribution in [2.75, 3.05) is 33.8 Å². The monoisotopic (exact) mass is 404 g/mol. The summed E-state index contributed by atoms with van der Waals surface area (Å²) in [6, 6.07) is 9.64. The van der Waals surface area contributed by atoms with Crippen molar-refractivity contribution < 1.29 is 28.5 Å². The van der Waals surface area contributed by atoms with Gasteiger partial charge >= 0.3 is 5.97 Å². The van der Waals surface area contributed by atoms with Gasteiger partial charge in [0, 0.05) is 5.56 Å². The van der Waals surface area contributed by atoms with E-state index in [0.29, 0.717) is 22.9 Å². The quantitative estimate of drug-likeness (QED) is 0.560. The lowest BCUT2D eigenvalue weighted by Gasteiger charge is -2.15. The fourth-order valence-corrected chi connectivity index (χ4v) is 2.62. The zero-order valence-electron chi connectivity index (χ0n) is 15.8. The number of nitrogens with one attached hydrogen (secondary N) is 2. The molecule has 0 saturated carbocycles. The van der Waals surface area contributed by atoms with Gasteiger partial charge in [0.15, 0.2) is 16.6 Å². The Kier molecular flexibility index (Phi) is 7.16. The highest BCUT2D eigenvalue weighted by atomic mass is 32.1. The number of amides is 1. The minimum absolute atomic E-state index is 0.00936. The van der Waals surface area contributed by atoms with E-state index in [4.69, 9.17) is 31.2 Å². The first kappa shape index (κ1) is 21.0. The summed E-state index contributed by atoms with van der Waals surface area (Å²) >= 11 is 5.18. The van der Waals surface area contributed by atoms with Crippen molar-refractivity contribution in [3.8, 4) is 17.2 Å². The van der Waals surface area contributed by atoms with Gasteiger partial charge in [-0.15, -0.1) is 0 Å². The van der Waals surface area contributed by atoms with Gasteiger partial charge in [0.05, 0.1) is 39.7 Å². The molecular weight excluding hydrogens is 384 g/mol. The Morgan fingerprint density at radius 2 is 1.54 bits per heavy atom. The van der Waals surface area contributed by atoms with E-state index >= 15 is 0 Å². The number of thiocarbonyl (C=S) groups is 1. The molecule has 0 bridgehead atoms. The van der Waals surface area contributed by atoms with Gasteiger partial charge in [-0.05, 0) is 36.5 Å². The van der Waals surface area contributed by atoms with Crippen molar-refractivity contribution in [1.29, 1.82) is 0 Å². The minimum atomic E-state index is -0.526. The molecule has 2 rings (SSSR count). The molecular formula is C19H20N2O6S. The van der Waals surface area contributed by atoms with Gasteiger partial charge in [0.2, 0.25) is 5.75 Å². The summed E-state index contributed by atoms with van der Waals surface area (Å²) in [5, 5.41) is 5.37. The van der Waals surface area contributed by atoms with Gasteiger partial charge in [-0.1, -0.05) is 12.1 Å². The molecule has 0 saturated heterocycles. The van der Waals surface area contributed by atoms with Crippen LogP contribution in [-0.2, 0) is 4.74 Å². The molecule has 8 nitrogen and oxygen atoms in total. The van der Waals surface area contributed by atoms with Gasteiger partial charge in [-0.3, -0.25) is 10.1 Å². The van der Waals surface area contributed by atoms with E-state index in [1.807, 2.05) is 0 Å². The predicted molar refractivity (Wildman–Crippen MR) is 108 cm³/mol. The van der Waals surface area contributed by atoms with E-state index in [2.05, 4.69) is 10.6 Å². The molecule has 0 heterocycles. The fraction of sp³-hybridized carbons (Fsp3) is 0.211. The number of rotatable bonds is 6. The number of para-hydroxylation sites is 1. The molecule has 0 spiro atoms. The maximum atomic E-state index is 12.6. The van der Waals surface area contributed by atoms with Crippen LogP contribution >= 0.6 is 12.2 Å². The summed E-state index contributed by atoms with van der Waals surface area (Å²) in [6.07, 6.45) is 0. The third-order valence-corrected chi connectivity index (χ3v) is 3.94. The smallest absolute Gasteiger partial charge is 0.339 e. The molecule has 0 atom stereocenters. The van der Waals surface area contributed by atoms with Crippen molar-refractivity contribution in [3.63, 3.8) is 0 Å². The molecule has 1 amide bonds. The second kappa shape index (κ2) is 9.56. The Morgan fingerprint density at radius 1 is 0.929 bits per heavy atom. The molecule has 28 heavy (non-hydrogen) atoms. The van der Waals surface area contributed by atoms with E-state index < -0.39 is 11.9 Å². The first-order valence-corrected chi connectivity index (χ1v) is 8.45. The van der Waals surface area contributed by atoms with Crippen LogP contribution < -0.4 is 24.8 Å². The van der Waals surface area contributed by atoms with Gasteiger partial charge in [-0.25, -0.2) is 4.79 Å². The molecule has 0 unspecified atom stereocenters. The summed E-state index contributed by atoms with van der Waals surface area (Å²) in [6.45, 7) is 0. The molecule has 2 N–H and O–H groups in total. The van der Waals surface area contributed by atoms with Crippen LogP contribution in [0.5, 0.6) is 17.2 Å². The van der Waals surface area contributed by atoms with E-state index in [9.17, 15) is 9.59 Å². The van der Waals surface area contributed by atoms with E-state index in [0.717, 1.165) is 0 Å². The van der Waals surface area contributed by atoms with E-state index in [-0.39, 0.29) is 16.2 Å². The number of benzene rings is 2. The zero-order valence-corrected chi connectivity index (χ0v) is 16.6. The first-order chi connectivity index (χ1) is 13.4. The number of methoxy groups -OCH3 is 4. The number of carbonyl (C=O) groups excluding carboxylic acids is 2. The van der Waals surface area contributed by atoms with Crippen molar-refractivity contribution in [2.45, 2.75) is 0 Å². The molecule has 0 aromatic heterocycles. The second-order valence-corrected chi connectivity index (χ2v) is 5.77. The van der Waals surface area contributed by atoms with Gasteiger partial charge < -0.3 is 24.3 Å². The summed E-state index contributed by atoms with van der Waals surface area (Å²) < 4.78 is 20.4. The van der Waals surface area contributed by atoms with Crippen LogP contribution in [0.4, 0.5) is 5.69 Å². The summed E-state index contributed by atoms with van der Waals surface area (Å²) in [5.41, 5.74) is 0.943. The summed E-state index contributed by atoms with van der Waals surface area (Å²) in [7, 11) is 5.66. The normalized spacial score (nSPS) is 9.86. The SMILES string of the molecule is COC(=O)c1ccccc1NC(=S)NC(=O)c1cc(OC)c(OC)c(OC)c1. The van der Waals surface area contributed by atoms with Crippen molar-refractivity contribution >= 4 is 34.9 Å². The van der Waals surface area contributed by atoms with E-state index in [1.54, 1.807) is 24.3 Å². The van der Waals surface area contributed by atoms with E-state index in [1.165, 1.54) is 40.6 Å². The van der Waals surface area contributed by atoms with Crippen LogP contribution in [0.15, 0.2) is 36.4 Å². The van der Waals surface area contributed by atoms with Gasteiger partial charge in [0.25, 0.3) is 5.91 Å². The fourth-order valence-electron chi connectivity index (χ4n) is 2.42. The number of hydrogen-bond acceptors (Lipinski definition) is 7. The second-order valence-electron chi connectivity index (χ2n) is 5.36. The lowest BCUT2D eigenvalue weighted by molar-refractivity contribution is 0.0602. The van der Waals surface area contributed by atoms with Crippen LogP contribution in [0.1, 0.15) is 20.7 Å². The largest absolute Gasteiger partial charge is 0.493 e. The maximum Gasteiger partial charge on any atom is 0.339 e. The molecule has 9 heteroatoms. The lowest BCUT2D eigenvalue weighted by Crippen LogP contribution is -2.34. The first-order valence-electron chi connectivity index (χ1n) is 8.04. The highest BCUT2D eigenvalue weighted by Gasteiger charge is 2.18. The molecule has 0 aliphatic carbocycles. The number of hydrogen-bond donors (Lipinski definition) is 2. The molecule has 0 fully saturated rings. The van der Waals surface area contributed by atoms with Crippen molar-refractivity contribution in [3.05, 3.63) is 47.5 Å². The Bertz CT molecular complexity index is 875. The number of esters is 1. The predicted octanol–water partition coefficient (Wildman–Crippen LogP) is 2.63. The van der Waals surface area contributed by atoms with Crippen LogP contribution in [0.25, 0.3) is 0 Å². The van der Waals surface area contributed by atoms with Crippen LogP contribution in [0.2, 0.25) is 0 Å². The van der Waals surface area contributed by atoms with Crippen molar-refractivity contribution in [2.24, 2.45) is 0 Å². The Balaban J connectivity index is 2.20. The highest BCUT2D eigenvalue weighted by molar-refractivity contribution is 7.80. The minimum Gasteiger partial charge on any atom is -0.493 e. The lowest BCUT2D eigenvalue weighted by atomic mass is 10.1. The molecule has 148 valence electrons. The van der Waals surface area contributed by atoms with Crippen LogP contribution in [0, 0.1) is 0 Å². The van der Waals surface area contributed by atoms with Crippen LogP contribution in [0.3, 0.4) is 0 Å². The topological polar surface area (TPSA) is 95.1 Å². The number of carbonyl (C=O) groups is 2. The van der Waals surface area contributed by atoms with Crippen LogP contribution in [-0.4, -0.2) is 45.4 Å². The number of anilines is 1. The zero-order chi connectivity index (χ0) is 20.7. The maximum absolute atomic E-state index is 12.6. The molecule has 0 aliphatic rings. The third kappa shape index (κ3) is 4.68. The number of ether oxygens (including phenoxy) is 4. The Morgan fingerprint density at radius 3 is 2.07 bits per heavy atom. The molecule has 0 aliphatic heterocycles. The summed E-state index contributed by atoms with van der Waals surface area (Å²) in [4.78, 5) is 24.4. The molecule has 2 aromatic carbocycles. The third-order valence-electron chi connectivity index (χ3n) is 3.73. The Labute approximate surface area is 167 Å².